The number of benzene rings is 1. The van der Waals surface area contributed by atoms with E-state index in [0.717, 1.165) is 24.0 Å². The lowest BCUT2D eigenvalue weighted by atomic mass is 9.86. The highest BCUT2D eigenvalue weighted by molar-refractivity contribution is 5.66. The summed E-state index contributed by atoms with van der Waals surface area (Å²) in [6, 6.07) is 5.77. The van der Waals surface area contributed by atoms with Crippen molar-refractivity contribution in [2.24, 2.45) is 0 Å². The normalized spacial score (nSPS) is 16.5. The van der Waals surface area contributed by atoms with E-state index in [2.05, 4.69) is 12.6 Å². The molecule has 0 aromatic heterocycles. The minimum absolute atomic E-state index is 0.0642. The molecule has 2 rings (SSSR count). The van der Waals surface area contributed by atoms with Crippen LogP contribution in [-0.2, 0) is 12.8 Å². The zero-order valence-corrected chi connectivity index (χ0v) is 12.0. The minimum Gasteiger partial charge on any atom is -0.495 e. The van der Waals surface area contributed by atoms with Crippen LogP contribution < -0.4 is 4.74 Å². The van der Waals surface area contributed by atoms with E-state index in [9.17, 15) is 9.90 Å². The van der Waals surface area contributed by atoms with E-state index >= 15 is 0 Å². The quantitative estimate of drug-likeness (QED) is 0.863. The van der Waals surface area contributed by atoms with Crippen LogP contribution >= 0.6 is 0 Å². The van der Waals surface area contributed by atoms with Gasteiger partial charge in [0, 0.05) is 12.6 Å². The molecule has 1 amide bonds. The zero-order chi connectivity index (χ0) is 15.4. The number of carboxylic acid groups (broad SMARTS) is 1. The molecule has 0 fully saturated rings. The average molecular weight is 286 g/mol. The first-order valence-corrected chi connectivity index (χ1v) is 6.81. The number of carbonyl (C=O) groups is 1. The molecule has 1 unspecified atom stereocenters. The largest absolute Gasteiger partial charge is 0.495 e. The van der Waals surface area contributed by atoms with E-state index < -0.39 is 6.09 Å². The van der Waals surface area contributed by atoms with Crippen molar-refractivity contribution in [3.63, 3.8) is 0 Å². The van der Waals surface area contributed by atoms with Crippen molar-refractivity contribution in [2.75, 3.05) is 13.7 Å². The zero-order valence-electron chi connectivity index (χ0n) is 12.0. The summed E-state index contributed by atoms with van der Waals surface area (Å²) in [5.41, 5.74) is 2.68. The number of ether oxygens (including phenoxy) is 1. The van der Waals surface area contributed by atoms with Crippen LogP contribution in [0.1, 0.15) is 23.1 Å². The SMILES string of the molecule is C=CCN(C(=O)O)C1CCc2cc(C#N)c(OC)cc2C1. The van der Waals surface area contributed by atoms with Gasteiger partial charge in [-0.05, 0) is 42.5 Å². The van der Waals surface area contributed by atoms with Crippen LogP contribution in [0.15, 0.2) is 24.8 Å². The smallest absolute Gasteiger partial charge is 0.407 e. The van der Waals surface area contributed by atoms with Gasteiger partial charge in [-0.1, -0.05) is 6.08 Å². The van der Waals surface area contributed by atoms with E-state index in [-0.39, 0.29) is 6.04 Å². The number of hydrogen-bond donors (Lipinski definition) is 1. The molecule has 0 heterocycles. The fourth-order valence-corrected chi connectivity index (χ4v) is 2.81. The highest BCUT2D eigenvalue weighted by atomic mass is 16.5. The Hall–Kier alpha value is -2.48. The topological polar surface area (TPSA) is 73.6 Å². The first-order chi connectivity index (χ1) is 10.1. The van der Waals surface area contributed by atoms with Gasteiger partial charge in [0.15, 0.2) is 0 Å². The Kier molecular flexibility index (Phi) is 4.49. The van der Waals surface area contributed by atoms with Gasteiger partial charge in [-0.3, -0.25) is 0 Å². The lowest BCUT2D eigenvalue weighted by Crippen LogP contribution is -2.42. The van der Waals surface area contributed by atoms with Crippen molar-refractivity contribution in [2.45, 2.75) is 25.3 Å². The molecule has 110 valence electrons. The van der Waals surface area contributed by atoms with Crippen LogP contribution in [-0.4, -0.2) is 35.8 Å². The predicted molar refractivity (Wildman–Crippen MR) is 78.4 cm³/mol. The molecule has 1 atom stereocenters. The fraction of sp³-hybridized carbons (Fsp3) is 0.375. The van der Waals surface area contributed by atoms with Crippen LogP contribution in [0.3, 0.4) is 0 Å². The molecule has 5 heteroatoms. The third-order valence-electron chi connectivity index (χ3n) is 3.86. The molecule has 0 saturated carbocycles. The first-order valence-electron chi connectivity index (χ1n) is 6.81. The number of aryl methyl sites for hydroxylation is 1. The van der Waals surface area contributed by atoms with Gasteiger partial charge < -0.3 is 14.7 Å². The predicted octanol–water partition coefficient (Wildman–Crippen LogP) is 2.59. The highest BCUT2D eigenvalue weighted by Gasteiger charge is 2.27. The molecule has 0 spiro atoms. The first kappa shape index (κ1) is 14.9. The Bertz CT molecular complexity index is 604. The van der Waals surface area contributed by atoms with Gasteiger partial charge in [0.05, 0.1) is 12.7 Å². The Morgan fingerprint density at radius 3 is 2.95 bits per heavy atom. The number of amides is 1. The highest BCUT2D eigenvalue weighted by Crippen LogP contribution is 2.30. The maximum atomic E-state index is 11.3. The number of methoxy groups -OCH3 is 1. The summed E-state index contributed by atoms with van der Waals surface area (Å²) in [5.74, 6) is 0.544. The number of hydrogen-bond acceptors (Lipinski definition) is 3. The number of rotatable bonds is 4. The maximum absolute atomic E-state index is 11.3. The van der Waals surface area contributed by atoms with Crippen molar-refractivity contribution >= 4 is 6.09 Å². The number of nitrogens with zero attached hydrogens (tertiary/aromatic N) is 2. The van der Waals surface area contributed by atoms with Crippen molar-refractivity contribution in [1.82, 2.24) is 4.90 Å². The Morgan fingerprint density at radius 2 is 2.38 bits per heavy atom. The Labute approximate surface area is 124 Å². The third kappa shape index (κ3) is 3.00. The standard InChI is InChI=1S/C16H18N2O3/c1-3-6-18(16(19)20)14-5-4-11-7-13(10-17)15(21-2)9-12(11)8-14/h3,7,9,14H,1,4-6,8H2,2H3,(H,19,20). The van der Waals surface area contributed by atoms with E-state index in [1.165, 1.54) is 12.0 Å². The van der Waals surface area contributed by atoms with Gasteiger partial charge in [0.25, 0.3) is 0 Å². The van der Waals surface area contributed by atoms with Gasteiger partial charge in [-0.2, -0.15) is 5.26 Å². The van der Waals surface area contributed by atoms with E-state index in [1.54, 1.807) is 6.08 Å². The number of nitriles is 1. The molecule has 1 N–H and O–H groups in total. The summed E-state index contributed by atoms with van der Waals surface area (Å²) in [5, 5.41) is 18.4. The molecule has 0 bridgehead atoms. The molecule has 1 aliphatic rings. The molecule has 21 heavy (non-hydrogen) atoms. The monoisotopic (exact) mass is 286 g/mol. The summed E-state index contributed by atoms with van der Waals surface area (Å²) < 4.78 is 5.22. The van der Waals surface area contributed by atoms with Crippen LogP contribution in [0, 0.1) is 11.3 Å². The fourth-order valence-electron chi connectivity index (χ4n) is 2.81. The van der Waals surface area contributed by atoms with Crippen molar-refractivity contribution in [3.8, 4) is 11.8 Å². The molecule has 1 aromatic carbocycles. The Morgan fingerprint density at radius 1 is 1.62 bits per heavy atom. The molecule has 1 aromatic rings. The lowest BCUT2D eigenvalue weighted by molar-refractivity contribution is 0.126. The lowest BCUT2D eigenvalue weighted by Gasteiger charge is -2.33. The van der Waals surface area contributed by atoms with E-state index in [0.29, 0.717) is 24.3 Å². The van der Waals surface area contributed by atoms with Gasteiger partial charge in [-0.15, -0.1) is 6.58 Å². The molecule has 0 saturated heterocycles. The molecule has 1 aliphatic carbocycles. The maximum Gasteiger partial charge on any atom is 0.407 e. The van der Waals surface area contributed by atoms with Crippen molar-refractivity contribution < 1.29 is 14.6 Å². The Balaban J connectivity index is 2.29. The van der Waals surface area contributed by atoms with Gasteiger partial charge >= 0.3 is 6.09 Å². The van der Waals surface area contributed by atoms with Crippen LogP contribution in [0.5, 0.6) is 5.75 Å². The second-order valence-electron chi connectivity index (χ2n) is 5.05. The summed E-state index contributed by atoms with van der Waals surface area (Å²) in [6.45, 7) is 3.93. The summed E-state index contributed by atoms with van der Waals surface area (Å²) >= 11 is 0. The second-order valence-corrected chi connectivity index (χ2v) is 5.05. The summed E-state index contributed by atoms with van der Waals surface area (Å²) in [6.07, 6.45) is 2.83. The van der Waals surface area contributed by atoms with E-state index in [4.69, 9.17) is 10.00 Å². The molecular weight excluding hydrogens is 268 g/mol. The average Bonchev–Trinajstić information content (AvgIpc) is 2.50. The van der Waals surface area contributed by atoms with Crippen LogP contribution in [0.25, 0.3) is 0 Å². The molecule has 5 nitrogen and oxygen atoms in total. The summed E-state index contributed by atoms with van der Waals surface area (Å²) in [4.78, 5) is 12.8. The van der Waals surface area contributed by atoms with Crippen molar-refractivity contribution in [1.29, 1.82) is 5.26 Å². The minimum atomic E-state index is -0.927. The van der Waals surface area contributed by atoms with Crippen LogP contribution in [0.2, 0.25) is 0 Å². The number of fused-ring (bicyclic) bond motifs is 1. The molecule has 0 aliphatic heterocycles. The van der Waals surface area contributed by atoms with Gasteiger partial charge in [0.2, 0.25) is 0 Å². The molecular formula is C16H18N2O3. The van der Waals surface area contributed by atoms with Crippen molar-refractivity contribution in [3.05, 3.63) is 41.5 Å². The van der Waals surface area contributed by atoms with E-state index in [1.807, 2.05) is 12.1 Å². The summed E-state index contributed by atoms with van der Waals surface area (Å²) in [7, 11) is 1.53. The second kappa shape index (κ2) is 6.31. The third-order valence-corrected chi connectivity index (χ3v) is 3.86. The molecule has 0 radical (unpaired) electrons. The van der Waals surface area contributed by atoms with Gasteiger partial charge in [-0.25, -0.2) is 4.79 Å². The van der Waals surface area contributed by atoms with Crippen LogP contribution in [0.4, 0.5) is 4.79 Å². The van der Waals surface area contributed by atoms with Gasteiger partial charge in [0.1, 0.15) is 11.8 Å².